The van der Waals surface area contributed by atoms with E-state index in [0.29, 0.717) is 0 Å². The molecule has 0 saturated carbocycles. The van der Waals surface area contributed by atoms with Gasteiger partial charge in [-0.15, -0.1) is 0 Å². The van der Waals surface area contributed by atoms with Gasteiger partial charge in [-0.2, -0.15) is 0 Å². The lowest BCUT2D eigenvalue weighted by atomic mass is 9.92. The molecule has 0 spiro atoms. The van der Waals surface area contributed by atoms with Crippen LogP contribution in [0.4, 0.5) is 17.1 Å². The molecule has 0 fully saturated rings. The van der Waals surface area contributed by atoms with Crippen molar-refractivity contribution < 1.29 is 0 Å². The minimum atomic E-state index is 1.10. The zero-order chi connectivity index (χ0) is 39.8. The predicted octanol–water partition coefficient (Wildman–Crippen LogP) is 16.1. The Balaban J connectivity index is 1.25. The van der Waals surface area contributed by atoms with Gasteiger partial charge in [-0.3, -0.25) is 0 Å². The van der Waals surface area contributed by atoms with E-state index in [1.807, 2.05) is 0 Å². The quantitative estimate of drug-likeness (QED) is 0.150. The number of anilines is 3. The third-order valence-electron chi connectivity index (χ3n) is 11.8. The average Bonchev–Trinajstić information content (AvgIpc) is 3.68. The van der Waals surface area contributed by atoms with Gasteiger partial charge >= 0.3 is 0 Å². The van der Waals surface area contributed by atoms with E-state index in [2.05, 4.69) is 252 Å². The summed E-state index contributed by atoms with van der Waals surface area (Å²) in [6.07, 6.45) is 0. The number of benzene rings is 10. The lowest BCUT2D eigenvalue weighted by Gasteiger charge is -2.31. The van der Waals surface area contributed by atoms with Crippen LogP contribution in [0.2, 0.25) is 0 Å². The normalized spacial score (nSPS) is 11.3. The van der Waals surface area contributed by atoms with Crippen LogP contribution < -0.4 is 4.90 Å². The number of nitrogens with zero attached hydrogens (tertiary/aromatic N) is 2. The first kappa shape index (κ1) is 35.2. The van der Waals surface area contributed by atoms with Crippen molar-refractivity contribution >= 4 is 49.6 Å². The van der Waals surface area contributed by atoms with Crippen LogP contribution in [0.1, 0.15) is 0 Å². The third-order valence-corrected chi connectivity index (χ3v) is 11.8. The van der Waals surface area contributed by atoms with Crippen LogP contribution in [0.25, 0.3) is 82.8 Å². The fraction of sp³-hybridized carbons (Fsp3) is 0. The topological polar surface area (TPSA) is 8.17 Å². The zero-order valence-electron chi connectivity index (χ0n) is 33.0. The molecule has 0 aliphatic rings. The SMILES string of the molecule is c1ccc(-c2ccc(N(c3ccc(-c4cccc5ccccc45)cc3-c3ccccc3)c3cccc4c3c3ccccc3n4-c3ccccc3)c(-c3ccccc3)c2)cc1. The van der Waals surface area contributed by atoms with Crippen molar-refractivity contribution in [2.45, 2.75) is 0 Å². The van der Waals surface area contributed by atoms with Crippen molar-refractivity contribution in [2.24, 2.45) is 0 Å². The summed E-state index contributed by atoms with van der Waals surface area (Å²) in [5.74, 6) is 0. The van der Waals surface area contributed by atoms with Crippen LogP contribution in [-0.4, -0.2) is 4.57 Å². The van der Waals surface area contributed by atoms with Crippen LogP contribution in [0.15, 0.2) is 243 Å². The van der Waals surface area contributed by atoms with Crippen molar-refractivity contribution in [3.8, 4) is 50.2 Å². The number of aromatic nitrogens is 1. The molecule has 0 bridgehead atoms. The van der Waals surface area contributed by atoms with Crippen LogP contribution in [-0.2, 0) is 0 Å². The minimum absolute atomic E-state index is 1.10. The molecule has 0 aliphatic carbocycles. The summed E-state index contributed by atoms with van der Waals surface area (Å²) in [6.45, 7) is 0. The standard InChI is InChI=1S/C58H40N2/c1-5-19-41(20-6-1)45-35-37-54(51(39-45)43-21-7-2-8-22-43)60(57-34-18-33-56-58(57)50-30-15-16-32-53(50)59(56)47-27-11-4-12-28-47)55-38-36-46(40-52(55)44-23-9-3-10-24-44)49-31-17-26-42-25-13-14-29-48(42)49/h1-40H. The fourth-order valence-electron chi connectivity index (χ4n) is 9.05. The Kier molecular flexibility index (Phi) is 8.87. The lowest BCUT2D eigenvalue weighted by Crippen LogP contribution is -2.13. The zero-order valence-corrected chi connectivity index (χ0v) is 33.0. The van der Waals surface area contributed by atoms with Crippen molar-refractivity contribution in [1.29, 1.82) is 0 Å². The summed E-state index contributed by atoms with van der Waals surface area (Å²) in [6, 6.07) is 88.1. The van der Waals surface area contributed by atoms with Crippen LogP contribution in [0, 0.1) is 0 Å². The van der Waals surface area contributed by atoms with Crippen LogP contribution in [0.3, 0.4) is 0 Å². The van der Waals surface area contributed by atoms with Gasteiger partial charge in [-0.25, -0.2) is 0 Å². The Morgan fingerprint density at radius 3 is 1.47 bits per heavy atom. The average molecular weight is 765 g/mol. The van der Waals surface area contributed by atoms with Crippen molar-refractivity contribution in [1.82, 2.24) is 4.57 Å². The molecule has 11 rings (SSSR count). The molecule has 0 amide bonds. The molecule has 2 heteroatoms. The number of hydrogen-bond acceptors (Lipinski definition) is 1. The molecule has 282 valence electrons. The third kappa shape index (κ3) is 6.14. The highest BCUT2D eigenvalue weighted by molar-refractivity contribution is 6.17. The Labute approximate surface area is 350 Å². The molecular weight excluding hydrogens is 725 g/mol. The Hall–Kier alpha value is -7.94. The van der Waals surface area contributed by atoms with E-state index in [1.165, 1.54) is 49.3 Å². The summed E-state index contributed by atoms with van der Waals surface area (Å²) in [5, 5.41) is 4.87. The molecule has 0 atom stereocenters. The summed E-state index contributed by atoms with van der Waals surface area (Å²) in [7, 11) is 0. The molecule has 10 aromatic carbocycles. The van der Waals surface area contributed by atoms with Gasteiger partial charge in [0.15, 0.2) is 0 Å². The molecule has 0 aliphatic heterocycles. The van der Waals surface area contributed by atoms with Gasteiger partial charge in [-0.05, 0) is 98.8 Å². The molecular formula is C58H40N2. The van der Waals surface area contributed by atoms with E-state index in [1.54, 1.807) is 0 Å². The van der Waals surface area contributed by atoms with Gasteiger partial charge < -0.3 is 9.47 Å². The summed E-state index contributed by atoms with van der Waals surface area (Å²) >= 11 is 0. The van der Waals surface area contributed by atoms with Crippen molar-refractivity contribution in [3.63, 3.8) is 0 Å². The van der Waals surface area contributed by atoms with Crippen LogP contribution >= 0.6 is 0 Å². The molecule has 1 aromatic heterocycles. The van der Waals surface area contributed by atoms with E-state index >= 15 is 0 Å². The monoisotopic (exact) mass is 764 g/mol. The highest BCUT2D eigenvalue weighted by atomic mass is 15.2. The minimum Gasteiger partial charge on any atom is -0.309 e. The van der Waals surface area contributed by atoms with Crippen LogP contribution in [0.5, 0.6) is 0 Å². The maximum absolute atomic E-state index is 2.52. The predicted molar refractivity (Wildman–Crippen MR) is 255 cm³/mol. The number of fused-ring (bicyclic) bond motifs is 4. The fourth-order valence-corrected chi connectivity index (χ4v) is 9.05. The molecule has 11 aromatic rings. The molecule has 2 nitrogen and oxygen atoms in total. The smallest absolute Gasteiger partial charge is 0.0562 e. The molecule has 60 heavy (non-hydrogen) atoms. The second-order valence-electron chi connectivity index (χ2n) is 15.3. The maximum Gasteiger partial charge on any atom is 0.0562 e. The lowest BCUT2D eigenvalue weighted by molar-refractivity contribution is 1.18. The summed E-state index contributed by atoms with van der Waals surface area (Å²) < 4.78 is 2.41. The largest absolute Gasteiger partial charge is 0.309 e. The van der Waals surface area contributed by atoms with Gasteiger partial charge in [0.2, 0.25) is 0 Å². The van der Waals surface area contributed by atoms with Crippen molar-refractivity contribution in [2.75, 3.05) is 4.90 Å². The molecule has 0 saturated heterocycles. The first-order valence-corrected chi connectivity index (χ1v) is 20.6. The van der Waals surface area contributed by atoms with E-state index in [4.69, 9.17) is 0 Å². The van der Waals surface area contributed by atoms with Gasteiger partial charge in [0.1, 0.15) is 0 Å². The second kappa shape index (κ2) is 15.1. The highest BCUT2D eigenvalue weighted by Crippen LogP contribution is 2.50. The molecule has 0 radical (unpaired) electrons. The van der Waals surface area contributed by atoms with Gasteiger partial charge in [-0.1, -0.05) is 188 Å². The molecule has 1 heterocycles. The summed E-state index contributed by atoms with van der Waals surface area (Å²) in [5.41, 5.74) is 16.1. The van der Waals surface area contributed by atoms with E-state index in [9.17, 15) is 0 Å². The van der Waals surface area contributed by atoms with E-state index in [-0.39, 0.29) is 0 Å². The number of rotatable bonds is 8. The Morgan fingerprint density at radius 1 is 0.283 bits per heavy atom. The first-order chi connectivity index (χ1) is 29.8. The highest BCUT2D eigenvalue weighted by Gasteiger charge is 2.26. The number of hydrogen-bond donors (Lipinski definition) is 0. The number of para-hydroxylation sites is 2. The van der Waals surface area contributed by atoms with Gasteiger partial charge in [0.25, 0.3) is 0 Å². The van der Waals surface area contributed by atoms with E-state index in [0.717, 1.165) is 50.5 Å². The molecule has 0 N–H and O–H groups in total. The summed E-state index contributed by atoms with van der Waals surface area (Å²) in [4.78, 5) is 2.52. The Bertz CT molecular complexity index is 3290. The molecule has 0 unspecified atom stereocenters. The maximum atomic E-state index is 2.52. The van der Waals surface area contributed by atoms with Gasteiger partial charge in [0.05, 0.1) is 28.1 Å². The first-order valence-electron chi connectivity index (χ1n) is 20.6. The second-order valence-corrected chi connectivity index (χ2v) is 15.3. The Morgan fingerprint density at radius 2 is 0.783 bits per heavy atom. The van der Waals surface area contributed by atoms with E-state index < -0.39 is 0 Å². The van der Waals surface area contributed by atoms with Crippen molar-refractivity contribution in [3.05, 3.63) is 243 Å². The van der Waals surface area contributed by atoms with Gasteiger partial charge in [0, 0.05) is 27.6 Å².